The van der Waals surface area contributed by atoms with E-state index in [0.717, 1.165) is 18.2 Å². The number of amides is 1. The number of aliphatic hydroxyl groups is 1. The second-order valence-electron chi connectivity index (χ2n) is 7.99. The Kier molecular flexibility index (Phi) is 6.89. The van der Waals surface area contributed by atoms with Crippen molar-refractivity contribution in [3.63, 3.8) is 0 Å². The van der Waals surface area contributed by atoms with Gasteiger partial charge in [0.25, 0.3) is 5.91 Å². The van der Waals surface area contributed by atoms with Crippen LogP contribution in [0.4, 0.5) is 18.9 Å². The number of hydrogen-bond donors (Lipinski definition) is 4. The standard InChI is InChI=1S/C26H22F3N5O2/c1-34-12-11-23(33-34)19-14-17(8-9-21(19)26(27,28)29)25(36)32-24(31-18-5-3-2-4-6-18)20-13-16(15-35)7-10-22(20)30/h2-14,30-31,35H,15H2,1H3,(H,32,36)/b24-20+,30-22?. The Morgan fingerprint density at radius 2 is 1.86 bits per heavy atom. The van der Waals surface area contributed by atoms with Gasteiger partial charge in [0, 0.05) is 35.6 Å². The first-order valence-electron chi connectivity index (χ1n) is 10.8. The summed E-state index contributed by atoms with van der Waals surface area (Å²) in [4.78, 5) is 13.2. The lowest BCUT2D eigenvalue weighted by atomic mass is 9.99. The number of allylic oxidation sites excluding steroid dienone is 3. The van der Waals surface area contributed by atoms with Crippen molar-refractivity contribution in [3.8, 4) is 11.3 Å². The molecule has 0 atom stereocenters. The van der Waals surface area contributed by atoms with Crippen LogP contribution >= 0.6 is 0 Å². The molecule has 10 heteroatoms. The zero-order chi connectivity index (χ0) is 25.9. The Morgan fingerprint density at radius 3 is 2.50 bits per heavy atom. The van der Waals surface area contributed by atoms with Gasteiger partial charge in [-0.05, 0) is 54.1 Å². The summed E-state index contributed by atoms with van der Waals surface area (Å²) in [6, 6.07) is 13.4. The van der Waals surface area contributed by atoms with Crippen molar-refractivity contribution in [1.29, 1.82) is 5.41 Å². The highest BCUT2D eigenvalue weighted by molar-refractivity contribution is 6.11. The zero-order valence-corrected chi connectivity index (χ0v) is 19.1. The molecule has 184 valence electrons. The van der Waals surface area contributed by atoms with Crippen molar-refractivity contribution in [3.05, 3.63) is 107 Å². The second kappa shape index (κ2) is 10.0. The first kappa shape index (κ1) is 24.7. The third-order valence-electron chi connectivity index (χ3n) is 5.39. The van der Waals surface area contributed by atoms with Crippen molar-refractivity contribution in [2.45, 2.75) is 6.18 Å². The van der Waals surface area contributed by atoms with E-state index in [0.29, 0.717) is 16.8 Å². The number of aryl methyl sites for hydroxylation is 1. The normalized spacial score (nSPS) is 14.9. The molecule has 3 aromatic rings. The minimum absolute atomic E-state index is 0.0270. The molecular formula is C26H22F3N5O2. The van der Waals surface area contributed by atoms with E-state index < -0.39 is 17.6 Å². The van der Waals surface area contributed by atoms with Gasteiger partial charge < -0.3 is 21.1 Å². The van der Waals surface area contributed by atoms with Crippen molar-refractivity contribution < 1.29 is 23.1 Å². The quantitative estimate of drug-likeness (QED) is 0.401. The number of para-hydroxylation sites is 1. The van der Waals surface area contributed by atoms with Crippen molar-refractivity contribution in [2.75, 3.05) is 11.9 Å². The number of carbonyl (C=O) groups excluding carboxylic acids is 1. The van der Waals surface area contributed by atoms with Crippen molar-refractivity contribution in [2.24, 2.45) is 7.05 Å². The average Bonchev–Trinajstić information content (AvgIpc) is 3.30. The maximum absolute atomic E-state index is 13.7. The number of halogens is 3. The van der Waals surface area contributed by atoms with Gasteiger partial charge in [0.15, 0.2) is 0 Å². The number of aliphatic hydroxyl groups excluding tert-OH is 1. The molecular weight excluding hydrogens is 471 g/mol. The molecule has 0 bridgehead atoms. The molecule has 7 nitrogen and oxygen atoms in total. The molecule has 4 rings (SSSR count). The molecule has 1 aliphatic rings. The van der Waals surface area contributed by atoms with Crippen LogP contribution in [0.2, 0.25) is 0 Å². The molecule has 0 saturated heterocycles. The summed E-state index contributed by atoms with van der Waals surface area (Å²) in [5.41, 5.74) is 0.433. The first-order valence-corrected chi connectivity index (χ1v) is 10.8. The Labute approximate surface area is 204 Å². The van der Waals surface area contributed by atoms with E-state index in [1.165, 1.54) is 23.0 Å². The van der Waals surface area contributed by atoms with Crippen LogP contribution in [0.3, 0.4) is 0 Å². The van der Waals surface area contributed by atoms with E-state index in [2.05, 4.69) is 15.7 Å². The summed E-state index contributed by atoms with van der Waals surface area (Å²) in [5, 5.41) is 27.7. The third-order valence-corrected chi connectivity index (χ3v) is 5.39. The molecule has 0 unspecified atom stereocenters. The van der Waals surface area contributed by atoms with Crippen LogP contribution in [0, 0.1) is 5.41 Å². The Hall–Kier alpha value is -4.44. The first-order chi connectivity index (χ1) is 17.2. The Bertz CT molecular complexity index is 1400. The number of alkyl halides is 3. The maximum atomic E-state index is 13.7. The highest BCUT2D eigenvalue weighted by Gasteiger charge is 2.34. The number of carbonyl (C=O) groups is 1. The number of hydrogen-bond acceptors (Lipinski definition) is 5. The molecule has 0 spiro atoms. The summed E-state index contributed by atoms with van der Waals surface area (Å²) >= 11 is 0. The van der Waals surface area contributed by atoms with Crippen LogP contribution < -0.4 is 10.6 Å². The van der Waals surface area contributed by atoms with Crippen LogP contribution in [0.15, 0.2) is 96.0 Å². The largest absolute Gasteiger partial charge is 0.417 e. The van der Waals surface area contributed by atoms with E-state index in [-0.39, 0.29) is 35.0 Å². The topological polar surface area (TPSA) is 103 Å². The summed E-state index contributed by atoms with van der Waals surface area (Å²) in [6.07, 6.45) is 1.50. The minimum atomic E-state index is -4.64. The molecule has 1 aromatic heterocycles. The van der Waals surface area contributed by atoms with Gasteiger partial charge in [-0.15, -0.1) is 0 Å². The number of nitrogens with one attached hydrogen (secondary N) is 3. The summed E-state index contributed by atoms with van der Waals surface area (Å²) in [5.74, 6) is -0.543. The fourth-order valence-electron chi connectivity index (χ4n) is 3.62. The number of anilines is 1. The highest BCUT2D eigenvalue weighted by atomic mass is 19.4. The SMILES string of the molecule is Cn1ccc(-c2cc(C(=O)N/C(Nc3ccccc3)=C3\C=C(CO)C=CC3=N)ccc2C(F)(F)F)n1. The fourth-order valence-corrected chi connectivity index (χ4v) is 3.62. The molecule has 1 aliphatic carbocycles. The second-order valence-corrected chi connectivity index (χ2v) is 7.99. The summed E-state index contributed by atoms with van der Waals surface area (Å²) in [7, 11) is 1.59. The lowest BCUT2D eigenvalue weighted by Crippen LogP contribution is -2.30. The molecule has 36 heavy (non-hydrogen) atoms. The average molecular weight is 493 g/mol. The van der Waals surface area contributed by atoms with Crippen LogP contribution in [-0.2, 0) is 13.2 Å². The van der Waals surface area contributed by atoms with E-state index in [4.69, 9.17) is 5.41 Å². The Morgan fingerprint density at radius 1 is 1.11 bits per heavy atom. The summed E-state index contributed by atoms with van der Waals surface area (Å²) < 4.78 is 42.4. The van der Waals surface area contributed by atoms with Crippen LogP contribution in [0.25, 0.3) is 11.3 Å². The van der Waals surface area contributed by atoms with Gasteiger partial charge in [-0.2, -0.15) is 18.3 Å². The lowest BCUT2D eigenvalue weighted by molar-refractivity contribution is -0.137. The van der Waals surface area contributed by atoms with Gasteiger partial charge >= 0.3 is 6.18 Å². The molecule has 2 aromatic carbocycles. The van der Waals surface area contributed by atoms with Gasteiger partial charge in [-0.25, -0.2) is 0 Å². The minimum Gasteiger partial charge on any atom is -0.392 e. The number of aromatic nitrogens is 2. The van der Waals surface area contributed by atoms with E-state index in [1.807, 2.05) is 6.07 Å². The highest BCUT2D eigenvalue weighted by Crippen LogP contribution is 2.37. The zero-order valence-electron chi connectivity index (χ0n) is 19.1. The molecule has 1 amide bonds. The molecule has 0 saturated carbocycles. The fraction of sp³-hybridized carbons (Fsp3) is 0.115. The lowest BCUT2D eigenvalue weighted by Gasteiger charge is -2.19. The van der Waals surface area contributed by atoms with Crippen LogP contribution in [-0.4, -0.2) is 33.1 Å². The van der Waals surface area contributed by atoms with Crippen LogP contribution in [0.5, 0.6) is 0 Å². The smallest absolute Gasteiger partial charge is 0.392 e. The number of nitrogens with zero attached hydrogens (tertiary/aromatic N) is 2. The predicted molar refractivity (Wildman–Crippen MR) is 130 cm³/mol. The Balaban J connectivity index is 1.75. The molecule has 1 heterocycles. The third kappa shape index (κ3) is 5.44. The van der Waals surface area contributed by atoms with Gasteiger partial charge in [-0.3, -0.25) is 9.48 Å². The maximum Gasteiger partial charge on any atom is 0.417 e. The van der Waals surface area contributed by atoms with Crippen molar-refractivity contribution in [1.82, 2.24) is 15.1 Å². The van der Waals surface area contributed by atoms with Crippen LogP contribution in [0.1, 0.15) is 15.9 Å². The van der Waals surface area contributed by atoms with E-state index in [1.54, 1.807) is 43.5 Å². The van der Waals surface area contributed by atoms with E-state index >= 15 is 0 Å². The predicted octanol–water partition coefficient (Wildman–Crippen LogP) is 4.67. The number of rotatable bonds is 6. The van der Waals surface area contributed by atoms with Gasteiger partial charge in [0.05, 0.1) is 23.6 Å². The molecule has 0 fully saturated rings. The summed E-state index contributed by atoms with van der Waals surface area (Å²) in [6.45, 7) is -0.272. The van der Waals surface area contributed by atoms with Crippen molar-refractivity contribution >= 4 is 17.3 Å². The molecule has 0 radical (unpaired) electrons. The van der Waals surface area contributed by atoms with E-state index in [9.17, 15) is 23.1 Å². The molecule has 0 aliphatic heterocycles. The van der Waals surface area contributed by atoms with Gasteiger partial charge in [0.1, 0.15) is 5.82 Å². The van der Waals surface area contributed by atoms with Gasteiger partial charge in [-0.1, -0.05) is 24.3 Å². The monoisotopic (exact) mass is 493 g/mol. The number of benzene rings is 2. The molecule has 4 N–H and O–H groups in total. The van der Waals surface area contributed by atoms with Gasteiger partial charge in [0.2, 0.25) is 0 Å².